The normalized spacial score (nSPS) is 17.2. The van der Waals surface area contributed by atoms with Gasteiger partial charge in [0.2, 0.25) is 20.0 Å². The summed E-state index contributed by atoms with van der Waals surface area (Å²) in [5.41, 5.74) is 9.55. The lowest BCUT2D eigenvalue weighted by molar-refractivity contribution is 0.384. The molecule has 2 fully saturated rings. The van der Waals surface area contributed by atoms with Gasteiger partial charge in [0.05, 0.1) is 9.79 Å². The smallest absolute Gasteiger partial charge is 0.243 e. The average molecular weight is 661 g/mol. The monoisotopic (exact) mass is 660 g/mol. The maximum absolute atomic E-state index is 14.1. The molecule has 0 unspecified atom stereocenters. The third-order valence-corrected chi connectivity index (χ3v) is 13.4. The third kappa shape index (κ3) is 5.81. The first kappa shape index (κ1) is 32.5. The highest BCUT2D eigenvalue weighted by atomic mass is 32.2. The van der Waals surface area contributed by atoms with Crippen LogP contribution in [0.5, 0.6) is 0 Å². The Kier molecular flexibility index (Phi) is 8.69. The van der Waals surface area contributed by atoms with Crippen LogP contribution >= 0.6 is 0 Å². The number of fused-ring (bicyclic) bond motifs is 1. The van der Waals surface area contributed by atoms with Crippen LogP contribution in [0.25, 0.3) is 10.8 Å². The summed E-state index contributed by atoms with van der Waals surface area (Å²) in [7, 11) is -7.73. The van der Waals surface area contributed by atoms with Crippen LogP contribution in [0.3, 0.4) is 0 Å². The summed E-state index contributed by atoms with van der Waals surface area (Å²) >= 11 is 0. The fourth-order valence-electron chi connectivity index (χ4n) is 7.63. The van der Waals surface area contributed by atoms with E-state index in [0.717, 1.165) is 0 Å². The topological polar surface area (TPSA) is 81.2 Å². The standard InChI is InChI=1S/C36H44N4O4S2/c1-25-21-27(3)35(28(4)22-25)37-13-17-39(18-14-37)45(41,42)33-11-7-10-32-31(33)9-8-12-34(32)46(43,44)40-19-15-38(16-20-40)36-29(5)23-26(2)24-30(36)6/h7-12,21-24H,13-20H2,1-6H3. The number of anilines is 2. The van der Waals surface area contributed by atoms with Crippen molar-refractivity contribution in [3.63, 3.8) is 0 Å². The van der Waals surface area contributed by atoms with Crippen LogP contribution in [0.4, 0.5) is 11.4 Å². The van der Waals surface area contributed by atoms with E-state index in [1.165, 1.54) is 53.4 Å². The molecule has 0 aliphatic carbocycles. The first-order chi connectivity index (χ1) is 21.8. The van der Waals surface area contributed by atoms with Crippen molar-refractivity contribution in [2.45, 2.75) is 51.3 Å². The van der Waals surface area contributed by atoms with E-state index in [2.05, 4.69) is 75.6 Å². The molecule has 2 aliphatic rings. The zero-order chi connectivity index (χ0) is 33.0. The molecule has 4 aromatic rings. The van der Waals surface area contributed by atoms with Crippen LogP contribution in [0.1, 0.15) is 33.4 Å². The van der Waals surface area contributed by atoms with Crippen molar-refractivity contribution in [3.05, 3.63) is 94.0 Å². The van der Waals surface area contributed by atoms with Crippen LogP contribution in [0.2, 0.25) is 0 Å². The first-order valence-electron chi connectivity index (χ1n) is 16.0. The van der Waals surface area contributed by atoms with Crippen molar-refractivity contribution in [3.8, 4) is 0 Å². The van der Waals surface area contributed by atoms with Gasteiger partial charge in [0.15, 0.2) is 0 Å². The molecule has 0 spiro atoms. The number of nitrogens with zero attached hydrogens (tertiary/aromatic N) is 4. The van der Waals surface area contributed by atoms with Crippen LogP contribution in [-0.2, 0) is 20.0 Å². The second-order valence-electron chi connectivity index (χ2n) is 12.9. The van der Waals surface area contributed by atoms with Crippen molar-refractivity contribution in [2.75, 3.05) is 62.2 Å². The van der Waals surface area contributed by atoms with E-state index < -0.39 is 20.0 Å². The summed E-state index contributed by atoms with van der Waals surface area (Å²) in [6.07, 6.45) is 0. The van der Waals surface area contributed by atoms with E-state index in [0.29, 0.717) is 63.1 Å². The number of hydrogen-bond donors (Lipinski definition) is 0. The van der Waals surface area contributed by atoms with Gasteiger partial charge in [-0.15, -0.1) is 0 Å². The fourth-order valence-corrected chi connectivity index (χ4v) is 10.9. The third-order valence-electron chi connectivity index (χ3n) is 9.46. The molecule has 0 amide bonds. The summed E-state index contributed by atoms with van der Waals surface area (Å²) in [6.45, 7) is 16.3. The van der Waals surface area contributed by atoms with Gasteiger partial charge in [-0.25, -0.2) is 16.8 Å². The van der Waals surface area contributed by atoms with Gasteiger partial charge in [0, 0.05) is 74.5 Å². The zero-order valence-electron chi connectivity index (χ0n) is 27.7. The number of aryl methyl sites for hydroxylation is 6. The molecular formula is C36H44N4O4S2. The van der Waals surface area contributed by atoms with E-state index in [4.69, 9.17) is 0 Å². The lowest BCUT2D eigenvalue weighted by Crippen LogP contribution is -2.49. The Balaban J connectivity index is 1.24. The number of piperazine rings is 2. The van der Waals surface area contributed by atoms with Gasteiger partial charge < -0.3 is 9.80 Å². The lowest BCUT2D eigenvalue weighted by Gasteiger charge is -2.37. The van der Waals surface area contributed by atoms with Gasteiger partial charge in [-0.05, 0) is 75.9 Å². The highest BCUT2D eigenvalue weighted by Crippen LogP contribution is 2.34. The van der Waals surface area contributed by atoms with Gasteiger partial charge in [0.25, 0.3) is 0 Å². The van der Waals surface area contributed by atoms with Crippen molar-refractivity contribution in [1.29, 1.82) is 0 Å². The molecule has 244 valence electrons. The lowest BCUT2D eigenvalue weighted by atomic mass is 10.0. The Hall–Kier alpha value is -3.44. The molecule has 0 bridgehead atoms. The van der Waals surface area contributed by atoms with Crippen LogP contribution in [-0.4, -0.2) is 77.8 Å². The molecule has 2 heterocycles. The highest BCUT2D eigenvalue weighted by molar-refractivity contribution is 7.89. The molecule has 0 saturated carbocycles. The van der Waals surface area contributed by atoms with Gasteiger partial charge in [-0.2, -0.15) is 8.61 Å². The summed E-state index contributed by atoms with van der Waals surface area (Å²) in [5.74, 6) is 0. The number of rotatable bonds is 6. The molecule has 0 radical (unpaired) electrons. The molecule has 0 aromatic heterocycles. The van der Waals surface area contributed by atoms with E-state index in [1.807, 2.05) is 0 Å². The maximum Gasteiger partial charge on any atom is 0.243 e. The predicted molar refractivity (Wildman–Crippen MR) is 187 cm³/mol. The molecule has 6 rings (SSSR count). The van der Waals surface area contributed by atoms with E-state index in [9.17, 15) is 16.8 Å². The van der Waals surface area contributed by atoms with Crippen LogP contribution in [0.15, 0.2) is 70.5 Å². The first-order valence-corrected chi connectivity index (χ1v) is 18.8. The van der Waals surface area contributed by atoms with Gasteiger partial charge in [-0.1, -0.05) is 59.7 Å². The number of sulfonamides is 2. The minimum atomic E-state index is -3.87. The van der Waals surface area contributed by atoms with Gasteiger partial charge in [0.1, 0.15) is 0 Å². The molecule has 0 N–H and O–H groups in total. The highest BCUT2D eigenvalue weighted by Gasteiger charge is 2.34. The molecule has 46 heavy (non-hydrogen) atoms. The second-order valence-corrected chi connectivity index (χ2v) is 16.7. The Morgan fingerprint density at radius 1 is 0.457 bits per heavy atom. The van der Waals surface area contributed by atoms with Crippen LogP contribution in [0, 0.1) is 41.5 Å². The fraction of sp³-hybridized carbons (Fsp3) is 0.389. The zero-order valence-corrected chi connectivity index (χ0v) is 29.3. The Morgan fingerprint density at radius 2 is 0.761 bits per heavy atom. The summed E-state index contributed by atoms with van der Waals surface area (Å²) < 4.78 is 59.4. The minimum absolute atomic E-state index is 0.147. The van der Waals surface area contributed by atoms with Crippen molar-refractivity contribution < 1.29 is 16.8 Å². The maximum atomic E-state index is 14.1. The Bertz CT molecular complexity index is 1830. The summed E-state index contributed by atoms with van der Waals surface area (Å²) in [5, 5.41) is 0.863. The quantitative estimate of drug-likeness (QED) is 0.264. The second kappa shape index (κ2) is 12.3. The van der Waals surface area contributed by atoms with Crippen molar-refractivity contribution in [2.24, 2.45) is 0 Å². The van der Waals surface area contributed by atoms with E-state index in [-0.39, 0.29) is 9.79 Å². The predicted octanol–water partition coefficient (Wildman–Crippen LogP) is 5.71. The largest absolute Gasteiger partial charge is 0.368 e. The Labute approximate surface area is 274 Å². The molecule has 10 heteroatoms. The van der Waals surface area contributed by atoms with Crippen molar-refractivity contribution in [1.82, 2.24) is 8.61 Å². The van der Waals surface area contributed by atoms with Crippen molar-refractivity contribution >= 4 is 42.2 Å². The average Bonchev–Trinajstić information content (AvgIpc) is 3.00. The van der Waals surface area contributed by atoms with Crippen LogP contribution < -0.4 is 9.80 Å². The Morgan fingerprint density at radius 3 is 1.07 bits per heavy atom. The molecule has 4 aromatic carbocycles. The summed E-state index contributed by atoms with van der Waals surface area (Å²) in [6, 6.07) is 18.6. The number of hydrogen-bond acceptors (Lipinski definition) is 6. The summed E-state index contributed by atoms with van der Waals surface area (Å²) in [4.78, 5) is 4.83. The van der Waals surface area contributed by atoms with E-state index >= 15 is 0 Å². The SMILES string of the molecule is Cc1cc(C)c(N2CCN(S(=O)(=O)c3cccc4c(S(=O)(=O)N5CCN(c6c(C)cc(C)cc6C)CC5)cccc34)CC2)c(C)c1. The number of benzene rings is 4. The minimum Gasteiger partial charge on any atom is -0.368 e. The molecule has 0 atom stereocenters. The molecule has 8 nitrogen and oxygen atoms in total. The van der Waals surface area contributed by atoms with E-state index in [1.54, 1.807) is 36.4 Å². The molecule has 2 aliphatic heterocycles. The van der Waals surface area contributed by atoms with Gasteiger partial charge >= 0.3 is 0 Å². The van der Waals surface area contributed by atoms with Gasteiger partial charge in [-0.3, -0.25) is 0 Å². The molecule has 2 saturated heterocycles. The molecular weight excluding hydrogens is 617 g/mol.